The SMILES string of the molecule is O=S1(=O)N(Cc2ccccc2)c2ccccc2N1Cc1ccccc1. The van der Waals surface area contributed by atoms with Gasteiger partial charge in [0.25, 0.3) is 0 Å². The minimum Gasteiger partial charge on any atom is -0.247 e. The Labute approximate surface area is 148 Å². The summed E-state index contributed by atoms with van der Waals surface area (Å²) in [6.07, 6.45) is 0. The van der Waals surface area contributed by atoms with Crippen molar-refractivity contribution in [1.29, 1.82) is 0 Å². The molecule has 1 heterocycles. The summed E-state index contributed by atoms with van der Waals surface area (Å²) in [5.41, 5.74) is 3.37. The van der Waals surface area contributed by atoms with Gasteiger partial charge in [-0.25, -0.2) is 8.61 Å². The first-order valence-electron chi connectivity index (χ1n) is 8.13. The maximum absolute atomic E-state index is 13.2. The maximum Gasteiger partial charge on any atom is 0.327 e. The van der Waals surface area contributed by atoms with Gasteiger partial charge in [-0.1, -0.05) is 72.8 Å². The minimum absolute atomic E-state index is 0.325. The van der Waals surface area contributed by atoms with Crippen LogP contribution in [0.5, 0.6) is 0 Å². The lowest BCUT2D eigenvalue weighted by atomic mass is 10.2. The van der Waals surface area contributed by atoms with E-state index in [1.807, 2.05) is 84.9 Å². The average molecular weight is 350 g/mol. The van der Waals surface area contributed by atoms with E-state index in [0.29, 0.717) is 13.1 Å². The van der Waals surface area contributed by atoms with Crippen LogP contribution in [0, 0.1) is 0 Å². The second kappa shape index (κ2) is 6.26. The number of para-hydroxylation sites is 2. The van der Waals surface area contributed by atoms with Gasteiger partial charge in [-0.15, -0.1) is 0 Å². The van der Waals surface area contributed by atoms with Crippen molar-refractivity contribution in [1.82, 2.24) is 0 Å². The van der Waals surface area contributed by atoms with Gasteiger partial charge in [0.05, 0.1) is 24.5 Å². The summed E-state index contributed by atoms with van der Waals surface area (Å²) in [7, 11) is -3.62. The third kappa shape index (κ3) is 2.87. The molecule has 0 radical (unpaired) electrons. The van der Waals surface area contributed by atoms with Crippen LogP contribution in [0.25, 0.3) is 0 Å². The van der Waals surface area contributed by atoms with Crippen LogP contribution in [-0.2, 0) is 23.3 Å². The van der Waals surface area contributed by atoms with Crippen molar-refractivity contribution in [3.8, 4) is 0 Å². The highest BCUT2D eigenvalue weighted by molar-refractivity contribution is 7.94. The van der Waals surface area contributed by atoms with Gasteiger partial charge in [-0.05, 0) is 23.3 Å². The summed E-state index contributed by atoms with van der Waals surface area (Å²) >= 11 is 0. The molecule has 0 saturated carbocycles. The predicted octanol–water partition coefficient (Wildman–Crippen LogP) is 3.96. The molecule has 126 valence electrons. The van der Waals surface area contributed by atoms with E-state index in [4.69, 9.17) is 0 Å². The highest BCUT2D eigenvalue weighted by atomic mass is 32.2. The zero-order valence-corrected chi connectivity index (χ0v) is 14.4. The molecule has 0 aromatic heterocycles. The fraction of sp³-hybridized carbons (Fsp3) is 0.100. The van der Waals surface area contributed by atoms with Gasteiger partial charge < -0.3 is 0 Å². The predicted molar refractivity (Wildman–Crippen MR) is 101 cm³/mol. The molecule has 3 aromatic rings. The molecule has 0 fully saturated rings. The Balaban J connectivity index is 1.74. The standard InChI is InChI=1S/C20H18N2O2S/c23-25(24)21(15-17-9-3-1-4-10-17)19-13-7-8-14-20(19)22(25)16-18-11-5-2-6-12-18/h1-14H,15-16H2. The molecular weight excluding hydrogens is 332 g/mol. The van der Waals surface area contributed by atoms with Crippen LogP contribution in [0.15, 0.2) is 84.9 Å². The first-order chi connectivity index (χ1) is 12.2. The molecule has 0 spiro atoms. The van der Waals surface area contributed by atoms with Gasteiger partial charge in [-0.2, -0.15) is 8.42 Å². The lowest BCUT2D eigenvalue weighted by molar-refractivity contribution is 0.588. The van der Waals surface area contributed by atoms with E-state index in [9.17, 15) is 8.42 Å². The summed E-state index contributed by atoms with van der Waals surface area (Å²) in [6, 6.07) is 26.8. The van der Waals surface area contributed by atoms with E-state index < -0.39 is 10.2 Å². The summed E-state index contributed by atoms with van der Waals surface area (Å²) in [5.74, 6) is 0. The van der Waals surface area contributed by atoms with Crippen LogP contribution in [-0.4, -0.2) is 8.42 Å². The Morgan fingerprint density at radius 3 is 1.32 bits per heavy atom. The summed E-state index contributed by atoms with van der Waals surface area (Å²) < 4.78 is 29.4. The number of rotatable bonds is 4. The number of nitrogens with zero attached hydrogens (tertiary/aromatic N) is 2. The normalized spacial score (nSPS) is 15.2. The molecule has 4 rings (SSSR count). The van der Waals surface area contributed by atoms with Crippen LogP contribution in [0.1, 0.15) is 11.1 Å². The smallest absolute Gasteiger partial charge is 0.247 e. The van der Waals surface area contributed by atoms with E-state index in [0.717, 1.165) is 22.5 Å². The molecule has 0 saturated heterocycles. The van der Waals surface area contributed by atoms with Gasteiger partial charge in [0.1, 0.15) is 0 Å². The summed E-state index contributed by atoms with van der Waals surface area (Å²) in [4.78, 5) is 0. The van der Waals surface area contributed by atoms with E-state index >= 15 is 0 Å². The Morgan fingerprint density at radius 2 is 0.920 bits per heavy atom. The van der Waals surface area contributed by atoms with Crippen molar-refractivity contribution in [2.24, 2.45) is 0 Å². The monoisotopic (exact) mass is 350 g/mol. The van der Waals surface area contributed by atoms with Crippen LogP contribution >= 0.6 is 0 Å². The highest BCUT2D eigenvalue weighted by Gasteiger charge is 2.39. The molecule has 0 amide bonds. The molecule has 0 atom stereocenters. The van der Waals surface area contributed by atoms with E-state index in [-0.39, 0.29) is 0 Å². The van der Waals surface area contributed by atoms with E-state index in [2.05, 4.69) is 0 Å². The topological polar surface area (TPSA) is 40.6 Å². The number of fused-ring (bicyclic) bond motifs is 1. The second-order valence-corrected chi connectivity index (χ2v) is 7.76. The fourth-order valence-corrected chi connectivity index (χ4v) is 4.75. The first-order valence-corrected chi connectivity index (χ1v) is 9.53. The Kier molecular flexibility index (Phi) is 3.93. The number of benzene rings is 3. The van der Waals surface area contributed by atoms with Crippen LogP contribution in [0.3, 0.4) is 0 Å². The molecule has 0 N–H and O–H groups in total. The third-order valence-electron chi connectivity index (χ3n) is 4.31. The summed E-state index contributed by atoms with van der Waals surface area (Å²) in [5, 5.41) is 0. The molecule has 4 nitrogen and oxygen atoms in total. The lowest BCUT2D eigenvalue weighted by Gasteiger charge is -2.22. The van der Waals surface area contributed by atoms with Gasteiger partial charge in [0.2, 0.25) is 0 Å². The Morgan fingerprint density at radius 1 is 0.560 bits per heavy atom. The second-order valence-electron chi connectivity index (χ2n) is 5.98. The number of hydrogen-bond acceptors (Lipinski definition) is 2. The average Bonchev–Trinajstić information content (AvgIpc) is 2.85. The van der Waals surface area contributed by atoms with Crippen molar-refractivity contribution in [3.05, 3.63) is 96.1 Å². The molecule has 0 unspecified atom stereocenters. The quantitative estimate of drug-likeness (QED) is 0.715. The van der Waals surface area contributed by atoms with Gasteiger partial charge >= 0.3 is 10.2 Å². The third-order valence-corrected chi connectivity index (χ3v) is 6.08. The highest BCUT2D eigenvalue weighted by Crippen LogP contribution is 2.42. The Hall–Kier alpha value is -2.79. The van der Waals surface area contributed by atoms with Gasteiger partial charge in [0.15, 0.2) is 0 Å². The van der Waals surface area contributed by atoms with Crippen molar-refractivity contribution < 1.29 is 8.42 Å². The van der Waals surface area contributed by atoms with Crippen LogP contribution in [0.4, 0.5) is 11.4 Å². The van der Waals surface area contributed by atoms with Crippen molar-refractivity contribution in [3.63, 3.8) is 0 Å². The largest absolute Gasteiger partial charge is 0.327 e. The molecule has 0 bridgehead atoms. The van der Waals surface area contributed by atoms with Gasteiger partial charge in [-0.3, -0.25) is 0 Å². The minimum atomic E-state index is -3.62. The van der Waals surface area contributed by atoms with Crippen molar-refractivity contribution >= 4 is 21.6 Å². The molecule has 1 aliphatic rings. The molecule has 5 heteroatoms. The fourth-order valence-electron chi connectivity index (χ4n) is 3.09. The van der Waals surface area contributed by atoms with E-state index in [1.54, 1.807) is 0 Å². The summed E-state index contributed by atoms with van der Waals surface area (Å²) in [6.45, 7) is 0.650. The zero-order chi connectivity index (χ0) is 17.3. The van der Waals surface area contributed by atoms with Crippen LogP contribution in [0.2, 0.25) is 0 Å². The van der Waals surface area contributed by atoms with Gasteiger partial charge in [0, 0.05) is 0 Å². The molecule has 25 heavy (non-hydrogen) atoms. The van der Waals surface area contributed by atoms with Crippen LogP contribution < -0.4 is 8.61 Å². The Bertz CT molecular complexity index is 898. The van der Waals surface area contributed by atoms with Crippen molar-refractivity contribution in [2.75, 3.05) is 8.61 Å². The number of hydrogen-bond donors (Lipinski definition) is 0. The molecule has 1 aliphatic heterocycles. The first kappa shape index (κ1) is 15.7. The molecule has 3 aromatic carbocycles. The zero-order valence-electron chi connectivity index (χ0n) is 13.6. The molecular formula is C20H18N2O2S. The van der Waals surface area contributed by atoms with Crippen molar-refractivity contribution in [2.45, 2.75) is 13.1 Å². The van der Waals surface area contributed by atoms with E-state index in [1.165, 1.54) is 8.61 Å². The lowest BCUT2D eigenvalue weighted by Crippen LogP contribution is -2.37. The molecule has 0 aliphatic carbocycles. The number of anilines is 2. The maximum atomic E-state index is 13.2.